The van der Waals surface area contributed by atoms with Crippen LogP contribution in [0.2, 0.25) is 0 Å². The van der Waals surface area contributed by atoms with Crippen LogP contribution in [0.4, 0.5) is 11.5 Å². The molecule has 0 radical (unpaired) electrons. The molecule has 3 heterocycles. The van der Waals surface area contributed by atoms with E-state index in [0.717, 1.165) is 10.6 Å². The first-order valence-electron chi connectivity index (χ1n) is 7.87. The van der Waals surface area contributed by atoms with Crippen molar-refractivity contribution in [2.45, 2.75) is 12.5 Å². The molecule has 2 aliphatic rings. The van der Waals surface area contributed by atoms with E-state index in [1.807, 2.05) is 0 Å². The normalized spacial score (nSPS) is 22.1. The summed E-state index contributed by atoms with van der Waals surface area (Å²) >= 11 is 0. The van der Waals surface area contributed by atoms with E-state index in [0.29, 0.717) is 37.6 Å². The maximum Gasteiger partial charge on any atom is 0.253 e. The number of likely N-dealkylation sites (N-methyl/N-ethyl adjacent to an activating group) is 1. The Hall–Kier alpha value is -2.04. The van der Waals surface area contributed by atoms with Gasteiger partial charge in [-0.1, -0.05) is 0 Å². The number of carbonyl (C=O) groups is 2. The Balaban J connectivity index is 1.75. The Labute approximate surface area is 146 Å². The van der Waals surface area contributed by atoms with Gasteiger partial charge in [0.2, 0.25) is 15.9 Å². The van der Waals surface area contributed by atoms with Crippen molar-refractivity contribution in [1.29, 1.82) is 0 Å². The molecule has 2 saturated heterocycles. The van der Waals surface area contributed by atoms with Gasteiger partial charge in [0, 0.05) is 20.1 Å². The quantitative estimate of drug-likeness (QED) is 0.706. The van der Waals surface area contributed by atoms with E-state index in [1.165, 1.54) is 11.9 Å². The van der Waals surface area contributed by atoms with Crippen LogP contribution in [0.3, 0.4) is 0 Å². The number of aromatic nitrogens is 1. The summed E-state index contributed by atoms with van der Waals surface area (Å²) in [4.78, 5) is 31.7. The second-order valence-corrected chi connectivity index (χ2v) is 8.09. The SMILES string of the molecule is CN(C1CCN(c2ccc(N3CCOCC3=O)cn2)C1=O)S(C)(=O)=O. The molecule has 1 unspecified atom stereocenters. The van der Waals surface area contributed by atoms with Crippen LogP contribution in [0.1, 0.15) is 6.42 Å². The van der Waals surface area contributed by atoms with E-state index < -0.39 is 16.1 Å². The van der Waals surface area contributed by atoms with Gasteiger partial charge < -0.3 is 9.64 Å². The van der Waals surface area contributed by atoms with E-state index in [1.54, 1.807) is 23.2 Å². The highest BCUT2D eigenvalue weighted by molar-refractivity contribution is 7.88. The zero-order valence-electron chi connectivity index (χ0n) is 14.1. The molecule has 2 aliphatic heterocycles. The van der Waals surface area contributed by atoms with Gasteiger partial charge >= 0.3 is 0 Å². The Morgan fingerprint density at radius 3 is 2.60 bits per heavy atom. The molecule has 9 nitrogen and oxygen atoms in total. The van der Waals surface area contributed by atoms with Crippen molar-refractivity contribution < 1.29 is 22.7 Å². The maximum atomic E-state index is 12.5. The molecule has 2 fully saturated rings. The molecule has 10 heteroatoms. The highest BCUT2D eigenvalue weighted by Gasteiger charge is 2.39. The van der Waals surface area contributed by atoms with Crippen molar-refractivity contribution in [3.05, 3.63) is 18.3 Å². The van der Waals surface area contributed by atoms with Crippen LogP contribution >= 0.6 is 0 Å². The minimum atomic E-state index is -3.44. The molecule has 0 spiro atoms. The third-order valence-electron chi connectivity index (χ3n) is 4.45. The third kappa shape index (κ3) is 3.51. The fraction of sp³-hybridized carbons (Fsp3) is 0.533. The second-order valence-electron chi connectivity index (χ2n) is 6.05. The Morgan fingerprint density at radius 1 is 1.24 bits per heavy atom. The molecule has 1 aromatic heterocycles. The molecule has 0 aromatic carbocycles. The number of sulfonamides is 1. The second kappa shape index (κ2) is 6.70. The largest absolute Gasteiger partial charge is 0.370 e. The molecular weight excluding hydrogens is 348 g/mol. The van der Waals surface area contributed by atoms with Crippen molar-refractivity contribution in [3.8, 4) is 0 Å². The van der Waals surface area contributed by atoms with E-state index in [-0.39, 0.29) is 18.4 Å². The minimum Gasteiger partial charge on any atom is -0.370 e. The number of ether oxygens (including phenoxy) is 1. The number of nitrogens with zero attached hydrogens (tertiary/aromatic N) is 4. The van der Waals surface area contributed by atoms with E-state index in [2.05, 4.69) is 4.98 Å². The average Bonchev–Trinajstić information content (AvgIpc) is 2.95. The van der Waals surface area contributed by atoms with Crippen LogP contribution < -0.4 is 9.80 Å². The Morgan fingerprint density at radius 2 is 2.00 bits per heavy atom. The van der Waals surface area contributed by atoms with Crippen LogP contribution in [-0.4, -0.2) is 75.2 Å². The smallest absolute Gasteiger partial charge is 0.253 e. The van der Waals surface area contributed by atoms with Gasteiger partial charge in [-0.15, -0.1) is 0 Å². The van der Waals surface area contributed by atoms with E-state index in [9.17, 15) is 18.0 Å². The number of anilines is 2. The molecule has 0 bridgehead atoms. The summed E-state index contributed by atoms with van der Waals surface area (Å²) in [6.07, 6.45) is 3.03. The summed E-state index contributed by atoms with van der Waals surface area (Å²) in [5.41, 5.74) is 0.647. The average molecular weight is 368 g/mol. The number of rotatable bonds is 4. The molecule has 1 aromatic rings. The Bertz CT molecular complexity index is 780. The molecular formula is C15H20N4O5S. The lowest BCUT2D eigenvalue weighted by Crippen LogP contribution is -2.42. The molecule has 3 rings (SSSR count). The van der Waals surface area contributed by atoms with Gasteiger partial charge in [0.15, 0.2) is 0 Å². The van der Waals surface area contributed by atoms with Gasteiger partial charge in [-0.3, -0.25) is 14.5 Å². The number of amides is 2. The van der Waals surface area contributed by atoms with E-state index in [4.69, 9.17) is 4.74 Å². The monoisotopic (exact) mass is 368 g/mol. The zero-order chi connectivity index (χ0) is 18.2. The summed E-state index contributed by atoms with van der Waals surface area (Å²) in [5, 5.41) is 0. The van der Waals surface area contributed by atoms with Gasteiger partial charge in [0.25, 0.3) is 5.91 Å². The van der Waals surface area contributed by atoms with E-state index >= 15 is 0 Å². The summed E-state index contributed by atoms with van der Waals surface area (Å²) < 4.78 is 29.5. The predicted octanol–water partition coefficient (Wildman–Crippen LogP) is -0.558. The minimum absolute atomic E-state index is 0.0475. The Kier molecular flexibility index (Phi) is 4.76. The molecule has 0 aliphatic carbocycles. The van der Waals surface area contributed by atoms with Crippen molar-refractivity contribution in [1.82, 2.24) is 9.29 Å². The van der Waals surface area contributed by atoms with Crippen LogP contribution in [-0.2, 0) is 24.3 Å². The molecule has 25 heavy (non-hydrogen) atoms. The molecule has 136 valence electrons. The van der Waals surface area contributed by atoms with Crippen LogP contribution in [0, 0.1) is 0 Å². The van der Waals surface area contributed by atoms with Crippen molar-refractivity contribution in [3.63, 3.8) is 0 Å². The fourth-order valence-electron chi connectivity index (χ4n) is 2.95. The van der Waals surface area contributed by atoms with Gasteiger partial charge in [-0.05, 0) is 18.6 Å². The lowest BCUT2D eigenvalue weighted by molar-refractivity contribution is -0.125. The highest BCUT2D eigenvalue weighted by Crippen LogP contribution is 2.25. The number of hydrogen-bond acceptors (Lipinski definition) is 6. The lowest BCUT2D eigenvalue weighted by Gasteiger charge is -2.27. The third-order valence-corrected chi connectivity index (χ3v) is 5.75. The van der Waals surface area contributed by atoms with Gasteiger partial charge in [0.05, 0.1) is 24.7 Å². The zero-order valence-corrected chi connectivity index (χ0v) is 14.9. The van der Waals surface area contributed by atoms with Gasteiger partial charge in [-0.2, -0.15) is 4.31 Å². The number of hydrogen-bond donors (Lipinski definition) is 0. The van der Waals surface area contributed by atoms with Crippen molar-refractivity contribution >= 4 is 33.3 Å². The van der Waals surface area contributed by atoms with Crippen LogP contribution in [0.15, 0.2) is 18.3 Å². The van der Waals surface area contributed by atoms with Crippen molar-refractivity contribution in [2.24, 2.45) is 0 Å². The first-order valence-corrected chi connectivity index (χ1v) is 9.72. The predicted molar refractivity (Wildman–Crippen MR) is 90.8 cm³/mol. The van der Waals surface area contributed by atoms with Crippen molar-refractivity contribution in [2.75, 3.05) is 49.4 Å². The van der Waals surface area contributed by atoms with Crippen LogP contribution in [0.25, 0.3) is 0 Å². The number of pyridine rings is 1. The summed E-state index contributed by atoms with van der Waals surface area (Å²) in [6, 6.07) is 2.68. The maximum absolute atomic E-state index is 12.5. The molecule has 0 saturated carbocycles. The molecule has 2 amide bonds. The van der Waals surface area contributed by atoms with Gasteiger partial charge in [0.1, 0.15) is 18.5 Å². The highest BCUT2D eigenvalue weighted by atomic mass is 32.2. The first-order chi connectivity index (χ1) is 11.8. The summed E-state index contributed by atoms with van der Waals surface area (Å²) in [7, 11) is -2.04. The number of morpholine rings is 1. The summed E-state index contributed by atoms with van der Waals surface area (Å²) in [6.45, 7) is 1.37. The fourth-order valence-corrected chi connectivity index (χ4v) is 3.61. The topological polar surface area (TPSA) is 100 Å². The molecule has 0 N–H and O–H groups in total. The lowest BCUT2D eigenvalue weighted by atomic mass is 10.2. The number of carbonyl (C=O) groups excluding carboxylic acids is 2. The van der Waals surface area contributed by atoms with Crippen LogP contribution in [0.5, 0.6) is 0 Å². The summed E-state index contributed by atoms with van der Waals surface area (Å²) in [5.74, 6) is 0.0161. The first kappa shape index (κ1) is 17.8. The standard InChI is InChI=1S/C15H20N4O5S/c1-17(25(2,22)23)12-5-6-19(15(12)21)13-4-3-11(9-16-13)18-7-8-24-10-14(18)20/h3-4,9,12H,5-8,10H2,1-2H3. The molecule has 1 atom stereocenters. The van der Waals surface area contributed by atoms with Gasteiger partial charge in [-0.25, -0.2) is 13.4 Å².